The zero-order valence-corrected chi connectivity index (χ0v) is 18.8. The number of carbonyl (C=O) groups is 2. The maximum atomic E-state index is 12.3. The number of rotatable bonds is 8. The van der Waals surface area contributed by atoms with Gasteiger partial charge in [0, 0.05) is 19.6 Å². The fourth-order valence-corrected chi connectivity index (χ4v) is 3.36. The Bertz CT molecular complexity index is 866. The molecular formula is C19H26ClN5O3S. The zero-order chi connectivity index (χ0) is 21.6. The third kappa shape index (κ3) is 7.25. The minimum atomic E-state index is -0.337. The molecule has 8 nitrogen and oxygen atoms in total. The number of aromatic nitrogens is 3. The molecular weight excluding hydrogens is 414 g/mol. The van der Waals surface area contributed by atoms with Gasteiger partial charge >= 0.3 is 0 Å². The number of hydrogen-bond acceptors (Lipinski definition) is 6. The van der Waals surface area contributed by atoms with Crippen LogP contribution in [0.15, 0.2) is 29.4 Å². The van der Waals surface area contributed by atoms with Crippen molar-refractivity contribution in [2.45, 2.75) is 38.1 Å². The molecule has 0 aliphatic heterocycles. The van der Waals surface area contributed by atoms with Gasteiger partial charge in [-0.05, 0) is 32.9 Å². The molecule has 0 unspecified atom stereocenters. The summed E-state index contributed by atoms with van der Waals surface area (Å²) >= 11 is 7.33. The number of likely N-dealkylation sites (N-methyl/N-ethyl adjacent to an activating group) is 1. The van der Waals surface area contributed by atoms with Gasteiger partial charge in [0.15, 0.2) is 11.0 Å². The van der Waals surface area contributed by atoms with Gasteiger partial charge in [-0.2, -0.15) is 0 Å². The van der Waals surface area contributed by atoms with Crippen LogP contribution in [0.2, 0.25) is 5.02 Å². The highest BCUT2D eigenvalue weighted by molar-refractivity contribution is 7.99. The highest BCUT2D eigenvalue weighted by Gasteiger charge is 2.19. The van der Waals surface area contributed by atoms with Crippen molar-refractivity contribution in [3.05, 3.63) is 35.1 Å². The molecule has 0 saturated heterocycles. The predicted molar refractivity (Wildman–Crippen MR) is 113 cm³/mol. The van der Waals surface area contributed by atoms with Crippen LogP contribution in [0.1, 0.15) is 26.6 Å². The number of benzene rings is 1. The number of carbonyl (C=O) groups excluding carboxylic acids is 2. The van der Waals surface area contributed by atoms with E-state index in [0.29, 0.717) is 21.8 Å². The van der Waals surface area contributed by atoms with Crippen molar-refractivity contribution in [2.75, 3.05) is 19.3 Å². The maximum Gasteiger partial charge on any atom is 0.240 e. The topological polar surface area (TPSA) is 89.3 Å². The van der Waals surface area contributed by atoms with E-state index < -0.39 is 0 Å². The lowest BCUT2D eigenvalue weighted by Gasteiger charge is -2.23. The Kier molecular flexibility index (Phi) is 7.92. The molecule has 10 heteroatoms. The second kappa shape index (κ2) is 9.98. The van der Waals surface area contributed by atoms with Crippen molar-refractivity contribution in [3.63, 3.8) is 0 Å². The molecule has 1 aromatic heterocycles. The van der Waals surface area contributed by atoms with Crippen molar-refractivity contribution in [3.8, 4) is 5.75 Å². The van der Waals surface area contributed by atoms with Crippen molar-refractivity contribution in [1.29, 1.82) is 0 Å². The summed E-state index contributed by atoms with van der Waals surface area (Å²) in [4.78, 5) is 25.7. The Hall–Kier alpha value is -2.26. The predicted octanol–water partition coefficient (Wildman–Crippen LogP) is 2.51. The number of nitrogens with one attached hydrogen (secondary N) is 1. The molecule has 0 atom stereocenters. The van der Waals surface area contributed by atoms with Crippen LogP contribution in [0.3, 0.4) is 0 Å². The van der Waals surface area contributed by atoms with E-state index in [9.17, 15) is 9.59 Å². The number of amides is 2. The average Bonchev–Trinajstić information content (AvgIpc) is 2.97. The number of thioether (sulfide) groups is 1. The van der Waals surface area contributed by atoms with Gasteiger partial charge in [-0.15, -0.1) is 10.2 Å². The lowest BCUT2D eigenvalue weighted by atomic mass is 10.1. The summed E-state index contributed by atoms with van der Waals surface area (Å²) in [5.41, 5.74) is -0.337. The Morgan fingerprint density at radius 3 is 2.62 bits per heavy atom. The van der Waals surface area contributed by atoms with Gasteiger partial charge in [0.05, 0.1) is 17.3 Å². The molecule has 2 amide bonds. The van der Waals surface area contributed by atoms with E-state index in [-0.39, 0.29) is 36.3 Å². The molecule has 0 aliphatic carbocycles. The van der Waals surface area contributed by atoms with E-state index in [1.165, 1.54) is 16.7 Å². The monoisotopic (exact) mass is 439 g/mol. The number of para-hydroxylation sites is 1. The Labute approximate surface area is 180 Å². The second-order valence-corrected chi connectivity index (χ2v) is 8.86. The first-order chi connectivity index (χ1) is 13.6. The molecule has 1 heterocycles. The lowest BCUT2D eigenvalue weighted by molar-refractivity contribution is -0.133. The van der Waals surface area contributed by atoms with Crippen LogP contribution in [0.25, 0.3) is 0 Å². The quantitative estimate of drug-likeness (QED) is 0.635. The highest BCUT2D eigenvalue weighted by Crippen LogP contribution is 2.24. The fourth-order valence-electron chi connectivity index (χ4n) is 2.30. The van der Waals surface area contributed by atoms with Crippen LogP contribution in [-0.2, 0) is 23.2 Å². The summed E-state index contributed by atoms with van der Waals surface area (Å²) in [6.45, 7) is 5.89. The van der Waals surface area contributed by atoms with Gasteiger partial charge in [-0.1, -0.05) is 35.5 Å². The molecule has 29 heavy (non-hydrogen) atoms. The minimum absolute atomic E-state index is 0.00635. The number of nitrogens with zero attached hydrogens (tertiary/aromatic N) is 4. The van der Waals surface area contributed by atoms with Crippen molar-refractivity contribution >= 4 is 35.2 Å². The first kappa shape index (κ1) is 23.0. The summed E-state index contributed by atoms with van der Waals surface area (Å²) in [6, 6.07) is 7.19. The van der Waals surface area contributed by atoms with Crippen LogP contribution < -0.4 is 10.1 Å². The van der Waals surface area contributed by atoms with Crippen LogP contribution in [0.4, 0.5) is 0 Å². The summed E-state index contributed by atoms with van der Waals surface area (Å²) in [5.74, 6) is 0.956. The van der Waals surface area contributed by atoms with Gasteiger partial charge in [0.2, 0.25) is 11.8 Å². The van der Waals surface area contributed by atoms with E-state index >= 15 is 0 Å². The fraction of sp³-hybridized carbons (Fsp3) is 0.474. The lowest BCUT2D eigenvalue weighted by Crippen LogP contribution is -2.46. The van der Waals surface area contributed by atoms with Crippen LogP contribution in [0.5, 0.6) is 5.75 Å². The smallest absolute Gasteiger partial charge is 0.240 e. The largest absolute Gasteiger partial charge is 0.484 e. The summed E-state index contributed by atoms with van der Waals surface area (Å²) in [7, 11) is 3.41. The van der Waals surface area contributed by atoms with Gasteiger partial charge in [0.1, 0.15) is 12.4 Å². The molecule has 0 spiro atoms. The van der Waals surface area contributed by atoms with Crippen molar-refractivity contribution in [2.24, 2.45) is 7.05 Å². The summed E-state index contributed by atoms with van der Waals surface area (Å²) in [6.07, 6.45) is 0. The number of hydrogen-bond donors (Lipinski definition) is 1. The van der Waals surface area contributed by atoms with Gasteiger partial charge in [-0.25, -0.2) is 0 Å². The van der Waals surface area contributed by atoms with E-state index in [2.05, 4.69) is 15.5 Å². The third-order valence-electron chi connectivity index (χ3n) is 3.76. The first-order valence-electron chi connectivity index (χ1n) is 9.00. The normalized spacial score (nSPS) is 11.2. The number of halogens is 1. The highest BCUT2D eigenvalue weighted by atomic mass is 35.5. The zero-order valence-electron chi connectivity index (χ0n) is 17.2. The molecule has 0 bridgehead atoms. The molecule has 0 aliphatic rings. The Morgan fingerprint density at radius 1 is 1.28 bits per heavy atom. The molecule has 0 radical (unpaired) electrons. The second-order valence-electron chi connectivity index (χ2n) is 7.51. The molecule has 2 rings (SSSR count). The van der Waals surface area contributed by atoms with Gasteiger partial charge < -0.3 is 19.5 Å². The van der Waals surface area contributed by atoms with E-state index in [1.54, 1.807) is 30.8 Å². The van der Waals surface area contributed by atoms with Gasteiger partial charge in [-0.3, -0.25) is 9.59 Å². The molecule has 2 aromatic rings. The third-order valence-corrected chi connectivity index (χ3v) is 5.08. The van der Waals surface area contributed by atoms with Crippen LogP contribution in [-0.4, -0.2) is 56.4 Å². The van der Waals surface area contributed by atoms with Crippen LogP contribution in [0, 0.1) is 0 Å². The van der Waals surface area contributed by atoms with Crippen molar-refractivity contribution < 1.29 is 14.3 Å². The van der Waals surface area contributed by atoms with E-state index in [1.807, 2.05) is 32.9 Å². The molecule has 0 saturated carbocycles. The first-order valence-corrected chi connectivity index (χ1v) is 10.4. The molecule has 1 N–H and O–H groups in total. The summed E-state index contributed by atoms with van der Waals surface area (Å²) < 4.78 is 7.45. The molecule has 0 fully saturated rings. The summed E-state index contributed by atoms with van der Waals surface area (Å²) in [5, 5.41) is 12.2. The molecule has 1 aromatic carbocycles. The Balaban J connectivity index is 1.85. The van der Waals surface area contributed by atoms with E-state index in [4.69, 9.17) is 16.3 Å². The van der Waals surface area contributed by atoms with Crippen molar-refractivity contribution in [1.82, 2.24) is 25.0 Å². The average molecular weight is 440 g/mol. The maximum absolute atomic E-state index is 12.3. The minimum Gasteiger partial charge on any atom is -0.484 e. The van der Waals surface area contributed by atoms with E-state index in [0.717, 1.165) is 0 Å². The van der Waals surface area contributed by atoms with Crippen LogP contribution >= 0.6 is 23.4 Å². The standard InChI is InChI=1S/C19H26ClN5O3S/c1-19(2,3)21-16(26)10-24(4)17(27)12-29-18-23-22-15(25(18)5)11-28-14-9-7-6-8-13(14)20/h6-9H,10-12H2,1-5H3,(H,21,26). The molecule has 158 valence electrons. The van der Waals surface area contributed by atoms with Gasteiger partial charge in [0.25, 0.3) is 0 Å². The number of ether oxygens (including phenoxy) is 1. The SMILES string of the molecule is CN(CC(=O)NC(C)(C)C)C(=O)CSc1nnc(COc2ccccc2Cl)n1C. The Morgan fingerprint density at radius 2 is 1.97 bits per heavy atom.